The van der Waals surface area contributed by atoms with Crippen LogP contribution >= 0.6 is 12.4 Å². The molecule has 0 bridgehead atoms. The SMILES string of the molecule is Cl.[H-].[H-].[Mg+2].c1ccc2ccccc2c1. The van der Waals surface area contributed by atoms with E-state index >= 15 is 0 Å². The third kappa shape index (κ3) is 2.37. The van der Waals surface area contributed by atoms with Crippen LogP contribution in [0.4, 0.5) is 0 Å². The van der Waals surface area contributed by atoms with E-state index in [2.05, 4.69) is 48.5 Å². The Hall–Kier alpha value is -0.244. The van der Waals surface area contributed by atoms with Gasteiger partial charge >= 0.3 is 23.1 Å². The van der Waals surface area contributed by atoms with Gasteiger partial charge in [0.1, 0.15) is 0 Å². The summed E-state index contributed by atoms with van der Waals surface area (Å²) in [6.45, 7) is 0. The average Bonchev–Trinajstić information content (AvgIpc) is 2.05. The molecule has 0 heterocycles. The average molecular weight is 191 g/mol. The number of halogens is 1. The summed E-state index contributed by atoms with van der Waals surface area (Å²) in [7, 11) is 0. The van der Waals surface area contributed by atoms with Crippen LogP contribution in [0.25, 0.3) is 10.8 Å². The molecule has 0 aliphatic heterocycles. The Bertz CT molecular complexity index is 289. The van der Waals surface area contributed by atoms with E-state index in [4.69, 9.17) is 0 Å². The molecule has 0 spiro atoms. The van der Waals surface area contributed by atoms with Gasteiger partial charge in [0.25, 0.3) is 0 Å². The van der Waals surface area contributed by atoms with Gasteiger partial charge in [-0.2, -0.15) is 0 Å². The molecule has 0 aliphatic rings. The van der Waals surface area contributed by atoms with Crippen LogP contribution in [0.5, 0.6) is 0 Å². The fraction of sp³-hybridized carbons (Fsp3) is 0. The van der Waals surface area contributed by atoms with Gasteiger partial charge in [0, 0.05) is 0 Å². The molecule has 0 atom stereocenters. The van der Waals surface area contributed by atoms with Crippen LogP contribution < -0.4 is 0 Å². The minimum Gasteiger partial charge on any atom is -1.00 e. The van der Waals surface area contributed by atoms with Crippen molar-refractivity contribution in [2.75, 3.05) is 0 Å². The molecule has 0 fully saturated rings. The van der Waals surface area contributed by atoms with Crippen molar-refractivity contribution in [3.05, 3.63) is 48.5 Å². The summed E-state index contributed by atoms with van der Waals surface area (Å²) in [5, 5.41) is 2.62. The largest absolute Gasteiger partial charge is 2.00 e. The van der Waals surface area contributed by atoms with E-state index in [9.17, 15) is 0 Å². The maximum absolute atomic E-state index is 2.12. The monoisotopic (exact) mass is 190 g/mol. The first-order valence-electron chi connectivity index (χ1n) is 3.40. The van der Waals surface area contributed by atoms with Gasteiger partial charge < -0.3 is 2.85 Å². The molecule has 2 rings (SSSR count). The Morgan fingerprint density at radius 2 is 0.917 bits per heavy atom. The first-order valence-corrected chi connectivity index (χ1v) is 3.40. The van der Waals surface area contributed by atoms with E-state index in [1.54, 1.807) is 0 Å². The molecular weight excluding hydrogens is 180 g/mol. The van der Waals surface area contributed by atoms with Gasteiger partial charge in [-0.25, -0.2) is 0 Å². The molecule has 0 amide bonds. The second kappa shape index (κ2) is 5.41. The molecule has 0 aromatic heterocycles. The molecule has 2 heteroatoms. The van der Waals surface area contributed by atoms with Crippen LogP contribution in [0.3, 0.4) is 0 Å². The van der Waals surface area contributed by atoms with E-state index in [1.165, 1.54) is 10.8 Å². The molecule has 0 N–H and O–H groups in total. The molecule has 0 nitrogen and oxygen atoms in total. The van der Waals surface area contributed by atoms with E-state index in [0.29, 0.717) is 0 Å². The summed E-state index contributed by atoms with van der Waals surface area (Å²) in [5.74, 6) is 0. The molecule has 0 aliphatic carbocycles. The number of fused-ring (bicyclic) bond motifs is 1. The van der Waals surface area contributed by atoms with Crippen molar-refractivity contribution < 1.29 is 2.85 Å². The number of benzene rings is 2. The first kappa shape index (κ1) is 11.8. The molecule has 0 radical (unpaired) electrons. The topological polar surface area (TPSA) is 0 Å². The Labute approximate surface area is 97.5 Å². The standard InChI is InChI=1S/C10H8.ClH.Mg.2H/c1-2-6-10-8-4-3-7-9(10)5-1;;;;/h1-8H;1H;;;/q;;+2;2*-1. The van der Waals surface area contributed by atoms with Crippen LogP contribution in [0.15, 0.2) is 48.5 Å². The minimum absolute atomic E-state index is 0. The second-order valence-electron chi connectivity index (χ2n) is 2.35. The van der Waals surface area contributed by atoms with Crippen LogP contribution in [-0.2, 0) is 0 Å². The summed E-state index contributed by atoms with van der Waals surface area (Å²) >= 11 is 0. The summed E-state index contributed by atoms with van der Waals surface area (Å²) in [4.78, 5) is 0. The van der Waals surface area contributed by atoms with Gasteiger partial charge in [0.15, 0.2) is 0 Å². The van der Waals surface area contributed by atoms with Crippen molar-refractivity contribution in [2.24, 2.45) is 0 Å². The molecular formula is C10H11ClMg. The van der Waals surface area contributed by atoms with Crippen molar-refractivity contribution in [2.45, 2.75) is 0 Å². The van der Waals surface area contributed by atoms with Gasteiger partial charge in [-0.3, -0.25) is 0 Å². The van der Waals surface area contributed by atoms with Crippen LogP contribution in [0, 0.1) is 0 Å². The van der Waals surface area contributed by atoms with E-state index in [0.717, 1.165) is 0 Å². The Balaban J connectivity index is -0.000000302. The summed E-state index contributed by atoms with van der Waals surface area (Å²) in [6.07, 6.45) is 0. The van der Waals surface area contributed by atoms with Crippen molar-refractivity contribution in [3.63, 3.8) is 0 Å². The smallest absolute Gasteiger partial charge is 1.00 e. The van der Waals surface area contributed by atoms with Crippen molar-refractivity contribution >= 4 is 46.2 Å². The molecule has 2 aromatic rings. The predicted molar refractivity (Wildman–Crippen MR) is 59.2 cm³/mol. The maximum atomic E-state index is 2.12. The third-order valence-electron chi connectivity index (χ3n) is 1.66. The molecule has 60 valence electrons. The fourth-order valence-electron chi connectivity index (χ4n) is 1.13. The van der Waals surface area contributed by atoms with Crippen molar-refractivity contribution in [3.8, 4) is 0 Å². The fourth-order valence-corrected chi connectivity index (χ4v) is 1.13. The Morgan fingerprint density at radius 1 is 0.667 bits per heavy atom. The zero-order chi connectivity index (χ0) is 6.81. The zero-order valence-corrected chi connectivity index (χ0v) is 8.96. The van der Waals surface area contributed by atoms with Crippen LogP contribution in [0.1, 0.15) is 2.85 Å². The summed E-state index contributed by atoms with van der Waals surface area (Å²) in [5.41, 5.74) is 0. The number of hydrogen-bond acceptors (Lipinski definition) is 0. The number of hydrogen-bond donors (Lipinski definition) is 0. The van der Waals surface area contributed by atoms with Gasteiger partial charge in [-0.15, -0.1) is 12.4 Å². The minimum atomic E-state index is 0. The summed E-state index contributed by atoms with van der Waals surface area (Å²) < 4.78 is 0. The summed E-state index contributed by atoms with van der Waals surface area (Å²) in [6, 6.07) is 16.7. The van der Waals surface area contributed by atoms with Crippen molar-refractivity contribution in [1.29, 1.82) is 0 Å². The van der Waals surface area contributed by atoms with E-state index < -0.39 is 0 Å². The van der Waals surface area contributed by atoms with Gasteiger partial charge in [-0.1, -0.05) is 48.5 Å². The van der Waals surface area contributed by atoms with Crippen LogP contribution in [0.2, 0.25) is 0 Å². The van der Waals surface area contributed by atoms with Crippen molar-refractivity contribution in [1.82, 2.24) is 0 Å². The quantitative estimate of drug-likeness (QED) is 0.561. The normalized spacial score (nSPS) is 8.33. The van der Waals surface area contributed by atoms with Gasteiger partial charge in [0.05, 0.1) is 0 Å². The third-order valence-corrected chi connectivity index (χ3v) is 1.66. The van der Waals surface area contributed by atoms with E-state index in [-0.39, 0.29) is 38.3 Å². The van der Waals surface area contributed by atoms with Crippen LogP contribution in [-0.4, -0.2) is 23.1 Å². The zero-order valence-electron chi connectivity index (χ0n) is 8.73. The van der Waals surface area contributed by atoms with Gasteiger partial charge in [-0.05, 0) is 10.8 Å². The molecule has 0 unspecified atom stereocenters. The number of rotatable bonds is 0. The molecule has 0 saturated carbocycles. The molecule has 0 saturated heterocycles. The predicted octanol–water partition coefficient (Wildman–Crippen LogP) is 3.11. The first-order chi connectivity index (χ1) is 4.97. The Kier molecular flexibility index (Phi) is 5.30. The van der Waals surface area contributed by atoms with E-state index in [1.807, 2.05) is 0 Å². The maximum Gasteiger partial charge on any atom is 2.00 e. The molecule has 12 heavy (non-hydrogen) atoms. The molecule has 2 aromatic carbocycles. The van der Waals surface area contributed by atoms with Gasteiger partial charge in [0.2, 0.25) is 0 Å². The second-order valence-corrected chi connectivity index (χ2v) is 2.35. The Morgan fingerprint density at radius 3 is 1.17 bits per heavy atom.